The van der Waals surface area contributed by atoms with Gasteiger partial charge >= 0.3 is 6.03 Å². The summed E-state index contributed by atoms with van der Waals surface area (Å²) in [6.07, 6.45) is 1.44. The van der Waals surface area contributed by atoms with Crippen LogP contribution in [0.25, 0.3) is 0 Å². The van der Waals surface area contributed by atoms with Gasteiger partial charge in [0.2, 0.25) is 0 Å². The van der Waals surface area contributed by atoms with Crippen LogP contribution in [0.15, 0.2) is 46.0 Å². The Balaban J connectivity index is 1.96. The number of hydrogen-bond donors (Lipinski definition) is 2. The van der Waals surface area contributed by atoms with Gasteiger partial charge in [0.1, 0.15) is 24.7 Å². The lowest BCUT2D eigenvalue weighted by Gasteiger charge is -2.14. The number of ether oxygens (including phenoxy) is 4. The lowest BCUT2D eigenvalue weighted by molar-refractivity contribution is 0.210. The van der Waals surface area contributed by atoms with E-state index in [4.69, 9.17) is 24.7 Å². The molecule has 0 atom stereocenters. The molecule has 2 aromatic carbocycles. The average molecular weight is 438 g/mol. The van der Waals surface area contributed by atoms with E-state index in [-0.39, 0.29) is 0 Å². The highest BCUT2D eigenvalue weighted by Gasteiger charge is 2.11. The molecule has 3 N–H and O–H groups in total. The molecule has 0 aliphatic carbocycles. The number of urea groups is 1. The number of nitrogens with two attached hydrogens (primary N) is 1. The van der Waals surface area contributed by atoms with E-state index in [1.54, 1.807) is 25.3 Å². The van der Waals surface area contributed by atoms with Crippen LogP contribution in [0, 0.1) is 0 Å². The summed E-state index contributed by atoms with van der Waals surface area (Å²) >= 11 is 3.44. The second kappa shape index (κ2) is 10.3. The fourth-order valence-corrected chi connectivity index (χ4v) is 2.69. The maximum atomic E-state index is 10.6. The maximum absolute atomic E-state index is 10.6. The molecule has 2 rings (SSSR count). The first-order valence-corrected chi connectivity index (χ1v) is 8.68. The standard InChI is InChI=1S/C18H20BrN3O5/c1-24-13-4-3-5-14(10-13)26-6-7-27-17-15(19)8-12(9-16(17)25-2)11-21-22-18(20)23/h3-5,8-11H,6-7H2,1-2H3,(H3,20,22,23)/b21-11-. The molecule has 0 aromatic heterocycles. The Morgan fingerprint density at radius 3 is 2.59 bits per heavy atom. The number of nitrogens with zero attached hydrogens (tertiary/aromatic N) is 1. The minimum Gasteiger partial charge on any atom is -0.497 e. The molecule has 0 saturated carbocycles. The van der Waals surface area contributed by atoms with Crippen molar-refractivity contribution in [2.75, 3.05) is 27.4 Å². The summed E-state index contributed by atoms with van der Waals surface area (Å²) in [5.74, 6) is 2.46. The van der Waals surface area contributed by atoms with Gasteiger partial charge in [-0.3, -0.25) is 0 Å². The first-order chi connectivity index (χ1) is 13.0. The average Bonchev–Trinajstić information content (AvgIpc) is 2.66. The Morgan fingerprint density at radius 2 is 1.89 bits per heavy atom. The fraction of sp³-hybridized carbons (Fsp3) is 0.222. The molecule has 0 unspecified atom stereocenters. The molecule has 0 aliphatic rings. The monoisotopic (exact) mass is 437 g/mol. The van der Waals surface area contributed by atoms with Crippen LogP contribution in [-0.2, 0) is 0 Å². The second-order valence-electron chi connectivity index (χ2n) is 5.14. The molecule has 8 nitrogen and oxygen atoms in total. The topological polar surface area (TPSA) is 104 Å². The van der Waals surface area contributed by atoms with E-state index in [1.165, 1.54) is 13.3 Å². The number of halogens is 1. The molecule has 0 bridgehead atoms. The van der Waals surface area contributed by atoms with E-state index in [0.717, 1.165) is 5.75 Å². The number of hydrogen-bond acceptors (Lipinski definition) is 6. The van der Waals surface area contributed by atoms with Gasteiger partial charge in [0.25, 0.3) is 0 Å². The van der Waals surface area contributed by atoms with Gasteiger partial charge in [0.15, 0.2) is 11.5 Å². The molecule has 0 aliphatic heterocycles. The summed E-state index contributed by atoms with van der Waals surface area (Å²) in [7, 11) is 3.13. The predicted octanol–water partition coefficient (Wildman–Crippen LogP) is 2.93. The number of rotatable bonds is 9. The first-order valence-electron chi connectivity index (χ1n) is 7.89. The summed E-state index contributed by atoms with van der Waals surface area (Å²) in [5, 5.41) is 3.71. The van der Waals surface area contributed by atoms with Crippen molar-refractivity contribution in [1.82, 2.24) is 5.43 Å². The van der Waals surface area contributed by atoms with Crippen molar-refractivity contribution < 1.29 is 23.7 Å². The molecular formula is C18H20BrN3O5. The van der Waals surface area contributed by atoms with Crippen LogP contribution in [0.3, 0.4) is 0 Å². The van der Waals surface area contributed by atoms with E-state index in [0.29, 0.717) is 40.5 Å². The number of nitrogens with one attached hydrogen (secondary N) is 1. The van der Waals surface area contributed by atoms with Crippen LogP contribution in [0.2, 0.25) is 0 Å². The molecule has 9 heteroatoms. The quantitative estimate of drug-likeness (QED) is 0.356. The third kappa shape index (κ3) is 6.37. The summed E-state index contributed by atoms with van der Waals surface area (Å²) < 4.78 is 22.6. The van der Waals surface area contributed by atoms with Crippen molar-refractivity contribution in [2.24, 2.45) is 10.8 Å². The number of benzene rings is 2. The zero-order valence-electron chi connectivity index (χ0n) is 14.9. The molecule has 0 heterocycles. The van der Waals surface area contributed by atoms with Gasteiger partial charge in [-0.05, 0) is 45.8 Å². The van der Waals surface area contributed by atoms with Gasteiger partial charge in [-0.25, -0.2) is 10.2 Å². The zero-order valence-corrected chi connectivity index (χ0v) is 16.5. The Hall–Kier alpha value is -2.94. The van der Waals surface area contributed by atoms with Crippen molar-refractivity contribution in [3.05, 3.63) is 46.4 Å². The van der Waals surface area contributed by atoms with Crippen LogP contribution < -0.4 is 30.1 Å². The lowest BCUT2D eigenvalue weighted by atomic mass is 10.2. The number of hydrazone groups is 1. The third-order valence-electron chi connectivity index (χ3n) is 3.28. The molecule has 27 heavy (non-hydrogen) atoms. The minimum atomic E-state index is -0.742. The fourth-order valence-electron chi connectivity index (χ4n) is 2.12. The predicted molar refractivity (Wildman–Crippen MR) is 105 cm³/mol. The normalized spacial score (nSPS) is 10.5. The van der Waals surface area contributed by atoms with E-state index in [2.05, 4.69) is 26.5 Å². The van der Waals surface area contributed by atoms with Crippen molar-refractivity contribution in [2.45, 2.75) is 0 Å². The van der Waals surface area contributed by atoms with Crippen molar-refractivity contribution in [1.29, 1.82) is 0 Å². The van der Waals surface area contributed by atoms with Crippen molar-refractivity contribution in [3.63, 3.8) is 0 Å². The van der Waals surface area contributed by atoms with E-state index >= 15 is 0 Å². The number of carbonyl (C=O) groups is 1. The third-order valence-corrected chi connectivity index (χ3v) is 3.87. The van der Waals surface area contributed by atoms with Gasteiger partial charge in [0.05, 0.1) is 24.9 Å². The summed E-state index contributed by atoms with van der Waals surface area (Å²) in [6.45, 7) is 0.650. The number of carbonyl (C=O) groups excluding carboxylic acids is 1. The van der Waals surface area contributed by atoms with Crippen LogP contribution in [0.5, 0.6) is 23.0 Å². The first kappa shape index (κ1) is 20.4. The van der Waals surface area contributed by atoms with E-state index < -0.39 is 6.03 Å². The van der Waals surface area contributed by atoms with Gasteiger partial charge in [-0.1, -0.05) is 6.07 Å². The highest BCUT2D eigenvalue weighted by atomic mass is 79.9. The van der Waals surface area contributed by atoms with Gasteiger partial charge in [-0.2, -0.15) is 5.10 Å². The summed E-state index contributed by atoms with van der Waals surface area (Å²) in [4.78, 5) is 10.6. The van der Waals surface area contributed by atoms with Crippen LogP contribution in [0.4, 0.5) is 4.79 Å². The van der Waals surface area contributed by atoms with Gasteiger partial charge < -0.3 is 24.7 Å². The minimum absolute atomic E-state index is 0.308. The number of amides is 2. The van der Waals surface area contributed by atoms with Crippen LogP contribution in [-0.4, -0.2) is 39.7 Å². The zero-order chi connectivity index (χ0) is 19.6. The molecule has 144 valence electrons. The highest BCUT2D eigenvalue weighted by molar-refractivity contribution is 9.10. The Kier molecular flexibility index (Phi) is 7.75. The summed E-state index contributed by atoms with van der Waals surface area (Å²) in [6, 6.07) is 10.1. The van der Waals surface area contributed by atoms with E-state index in [1.807, 2.05) is 18.2 Å². The van der Waals surface area contributed by atoms with Crippen LogP contribution in [0.1, 0.15) is 5.56 Å². The Labute approximate surface area is 165 Å². The van der Waals surface area contributed by atoms with Gasteiger partial charge in [-0.15, -0.1) is 0 Å². The van der Waals surface area contributed by atoms with Gasteiger partial charge in [0, 0.05) is 6.07 Å². The number of methoxy groups -OCH3 is 2. The van der Waals surface area contributed by atoms with Crippen LogP contribution >= 0.6 is 15.9 Å². The lowest BCUT2D eigenvalue weighted by Crippen LogP contribution is -2.24. The number of primary amides is 1. The van der Waals surface area contributed by atoms with E-state index in [9.17, 15) is 4.79 Å². The molecular weight excluding hydrogens is 418 g/mol. The molecule has 2 amide bonds. The maximum Gasteiger partial charge on any atom is 0.332 e. The molecule has 0 radical (unpaired) electrons. The van der Waals surface area contributed by atoms with Crippen molar-refractivity contribution in [3.8, 4) is 23.0 Å². The smallest absolute Gasteiger partial charge is 0.332 e. The SMILES string of the molecule is COc1cccc(OCCOc2c(Br)cc(/C=N\NC(N)=O)cc2OC)c1. The molecule has 0 saturated heterocycles. The molecule has 0 spiro atoms. The molecule has 2 aromatic rings. The molecule has 0 fully saturated rings. The second-order valence-corrected chi connectivity index (χ2v) is 6.00. The Morgan fingerprint density at radius 1 is 1.15 bits per heavy atom. The largest absolute Gasteiger partial charge is 0.497 e. The highest BCUT2D eigenvalue weighted by Crippen LogP contribution is 2.36. The van der Waals surface area contributed by atoms with Crippen molar-refractivity contribution >= 4 is 28.2 Å². The summed E-state index contributed by atoms with van der Waals surface area (Å²) in [5.41, 5.74) is 7.77. The Bertz CT molecular complexity index is 814.